The van der Waals surface area contributed by atoms with Crippen LogP contribution >= 0.6 is 0 Å². The normalized spacial score (nSPS) is 12.8. The Bertz CT molecular complexity index is 967. The molecule has 2 aliphatic heterocycles. The monoisotopic (exact) mass is 410 g/mol. The minimum absolute atomic E-state index is 0. The van der Waals surface area contributed by atoms with Gasteiger partial charge in [0.05, 0.1) is 0 Å². The molecule has 0 amide bonds. The number of hydrogen-bond donors (Lipinski definition) is 2. The van der Waals surface area contributed by atoms with E-state index in [1.807, 2.05) is 48.5 Å². The molecule has 3 aromatic rings. The summed E-state index contributed by atoms with van der Waals surface area (Å²) in [4.78, 5) is 0. The lowest BCUT2D eigenvalue weighted by Gasteiger charge is -2.22. The molecule has 30 heavy (non-hydrogen) atoms. The van der Waals surface area contributed by atoms with Crippen molar-refractivity contribution in [2.24, 2.45) is 0 Å². The van der Waals surface area contributed by atoms with Crippen LogP contribution in [0.25, 0.3) is 11.1 Å². The number of halogens is 1. The molecule has 2 heterocycles. The Morgan fingerprint density at radius 3 is 2.20 bits per heavy atom. The molecule has 158 valence electrons. The molecule has 2 N–H and O–H groups in total. The molecule has 7 heteroatoms. The van der Waals surface area contributed by atoms with Gasteiger partial charge in [-0.25, -0.2) is 4.39 Å². The number of rotatable bonds is 0. The fourth-order valence-electron chi connectivity index (χ4n) is 3.34. The van der Waals surface area contributed by atoms with Crippen molar-refractivity contribution < 1.29 is 23.7 Å². The first-order valence-corrected chi connectivity index (χ1v) is 8.74. The average Bonchev–Trinajstić information content (AvgIpc) is 2.69. The van der Waals surface area contributed by atoms with E-state index in [1.165, 1.54) is 12.1 Å². The van der Waals surface area contributed by atoms with Crippen molar-refractivity contribution in [1.29, 1.82) is 0 Å². The van der Waals surface area contributed by atoms with Crippen LogP contribution in [0.15, 0.2) is 66.7 Å². The standard InChI is InChI=1S/C12H9BO2.C8H8BFO2.3CH4/c14-13-11-7-3-1-5-9(11)10-6-2-4-8-12(10)15-13;10-7-1-2-8-6(5-7)3-4-12-9(8)11;;;/h1-8,14H;1-2,5,11H,3-4H2;3*1H4. The predicted octanol–water partition coefficient (Wildman–Crippen LogP) is 3.43. The highest BCUT2D eigenvalue weighted by atomic mass is 19.1. The Hall–Kier alpha value is -2.60. The molecule has 0 aliphatic carbocycles. The third kappa shape index (κ3) is 5.11. The van der Waals surface area contributed by atoms with Gasteiger partial charge in [-0.2, -0.15) is 0 Å². The van der Waals surface area contributed by atoms with Gasteiger partial charge in [0.2, 0.25) is 0 Å². The topological polar surface area (TPSA) is 58.9 Å². The van der Waals surface area contributed by atoms with Crippen molar-refractivity contribution in [3.05, 3.63) is 78.1 Å². The van der Waals surface area contributed by atoms with E-state index in [0.29, 0.717) is 18.5 Å². The number of fused-ring (bicyclic) bond motifs is 4. The van der Waals surface area contributed by atoms with Crippen LogP contribution in [0, 0.1) is 5.82 Å². The first kappa shape index (κ1) is 25.4. The maximum atomic E-state index is 12.7. The van der Waals surface area contributed by atoms with E-state index in [-0.39, 0.29) is 28.1 Å². The Labute approximate surface area is 179 Å². The van der Waals surface area contributed by atoms with Crippen LogP contribution in [0.5, 0.6) is 5.75 Å². The highest BCUT2D eigenvalue weighted by Gasteiger charge is 2.29. The van der Waals surface area contributed by atoms with Gasteiger partial charge in [0, 0.05) is 17.6 Å². The lowest BCUT2D eigenvalue weighted by atomic mass is 9.72. The number of para-hydroxylation sites is 1. The number of hydrogen-bond acceptors (Lipinski definition) is 4. The molecular weight excluding hydrogens is 381 g/mol. The van der Waals surface area contributed by atoms with E-state index in [9.17, 15) is 14.4 Å². The quantitative estimate of drug-likeness (QED) is 0.558. The first-order valence-electron chi connectivity index (χ1n) is 8.74. The Morgan fingerprint density at radius 2 is 1.43 bits per heavy atom. The lowest BCUT2D eigenvalue weighted by Crippen LogP contribution is -2.41. The molecule has 0 bridgehead atoms. The SMILES string of the molecule is C.C.C.OB1OCCc2cc(F)ccc21.OB1Oc2ccccc2-c2ccccc21. The van der Waals surface area contributed by atoms with Gasteiger partial charge >= 0.3 is 14.2 Å². The summed E-state index contributed by atoms with van der Waals surface area (Å²) in [5.41, 5.74) is 4.44. The average molecular weight is 410 g/mol. The Kier molecular flexibility index (Phi) is 9.30. The summed E-state index contributed by atoms with van der Waals surface area (Å²) < 4.78 is 23.1. The van der Waals surface area contributed by atoms with Crippen LogP contribution in [-0.2, 0) is 11.1 Å². The molecule has 0 radical (unpaired) electrons. The van der Waals surface area contributed by atoms with Crippen molar-refractivity contribution >= 4 is 25.2 Å². The molecule has 5 rings (SSSR count). The lowest BCUT2D eigenvalue weighted by molar-refractivity contribution is 0.266. The zero-order chi connectivity index (χ0) is 18.8. The molecule has 0 spiro atoms. The second kappa shape index (κ2) is 11.0. The van der Waals surface area contributed by atoms with E-state index < -0.39 is 14.2 Å². The van der Waals surface area contributed by atoms with Gasteiger partial charge in [0.25, 0.3) is 0 Å². The van der Waals surface area contributed by atoms with Crippen LogP contribution in [0.1, 0.15) is 27.8 Å². The predicted molar refractivity (Wildman–Crippen MR) is 124 cm³/mol. The van der Waals surface area contributed by atoms with Crippen molar-refractivity contribution in [2.75, 3.05) is 6.61 Å². The minimum Gasteiger partial charge on any atom is -0.532 e. The van der Waals surface area contributed by atoms with Crippen molar-refractivity contribution in [2.45, 2.75) is 28.7 Å². The van der Waals surface area contributed by atoms with E-state index in [0.717, 1.165) is 27.9 Å². The van der Waals surface area contributed by atoms with Gasteiger partial charge in [0.15, 0.2) is 0 Å². The summed E-state index contributed by atoms with van der Waals surface area (Å²) in [6, 6.07) is 19.8. The molecule has 3 aromatic carbocycles. The number of benzene rings is 3. The highest BCUT2D eigenvalue weighted by Crippen LogP contribution is 2.32. The van der Waals surface area contributed by atoms with Crippen LogP contribution in [0.2, 0.25) is 0 Å². The molecule has 4 nitrogen and oxygen atoms in total. The second-order valence-electron chi connectivity index (χ2n) is 6.37. The zero-order valence-electron chi connectivity index (χ0n) is 14.5. The molecule has 0 saturated heterocycles. The van der Waals surface area contributed by atoms with Crippen molar-refractivity contribution in [3.8, 4) is 16.9 Å². The highest BCUT2D eigenvalue weighted by molar-refractivity contribution is 6.63. The van der Waals surface area contributed by atoms with E-state index in [2.05, 4.69) is 0 Å². The molecule has 0 aromatic heterocycles. The van der Waals surface area contributed by atoms with Crippen molar-refractivity contribution in [1.82, 2.24) is 0 Å². The maximum Gasteiger partial charge on any atom is 0.560 e. The summed E-state index contributed by atoms with van der Waals surface area (Å²) in [7, 11) is -1.73. The van der Waals surface area contributed by atoms with Gasteiger partial charge in [-0.3, -0.25) is 0 Å². The van der Waals surface area contributed by atoms with Crippen LogP contribution in [0.3, 0.4) is 0 Å². The fourth-order valence-corrected chi connectivity index (χ4v) is 3.34. The molecule has 0 fully saturated rings. The van der Waals surface area contributed by atoms with E-state index >= 15 is 0 Å². The van der Waals surface area contributed by atoms with Gasteiger partial charge in [-0.1, -0.05) is 70.8 Å². The Morgan fingerprint density at radius 1 is 0.767 bits per heavy atom. The summed E-state index contributed by atoms with van der Waals surface area (Å²) in [6.45, 7) is 0.456. The first-order chi connectivity index (χ1) is 13.1. The second-order valence-corrected chi connectivity index (χ2v) is 6.37. The molecule has 0 unspecified atom stereocenters. The minimum atomic E-state index is -0.880. The van der Waals surface area contributed by atoms with Crippen molar-refractivity contribution in [3.63, 3.8) is 0 Å². The summed E-state index contributed by atoms with van der Waals surface area (Å²) in [5, 5.41) is 19.1. The smallest absolute Gasteiger partial charge is 0.532 e. The summed E-state index contributed by atoms with van der Waals surface area (Å²) >= 11 is 0. The van der Waals surface area contributed by atoms with Gasteiger partial charge in [0.1, 0.15) is 11.6 Å². The molecular formula is C23H29B2FO4. The fraction of sp³-hybridized carbons (Fsp3) is 0.217. The third-order valence-electron chi connectivity index (χ3n) is 4.66. The summed E-state index contributed by atoms with van der Waals surface area (Å²) in [5.74, 6) is 0.478. The van der Waals surface area contributed by atoms with Gasteiger partial charge < -0.3 is 19.4 Å². The van der Waals surface area contributed by atoms with Crippen LogP contribution < -0.4 is 15.6 Å². The molecule has 2 aliphatic rings. The van der Waals surface area contributed by atoms with Gasteiger partial charge in [-0.15, -0.1) is 0 Å². The largest absolute Gasteiger partial charge is 0.560 e. The van der Waals surface area contributed by atoms with E-state index in [4.69, 9.17) is 9.31 Å². The summed E-state index contributed by atoms with van der Waals surface area (Å²) in [6.07, 6.45) is 0.671. The molecule has 0 atom stereocenters. The molecule has 0 saturated carbocycles. The maximum absolute atomic E-state index is 12.7. The van der Waals surface area contributed by atoms with Gasteiger partial charge in [-0.05, 0) is 41.2 Å². The van der Waals surface area contributed by atoms with Crippen LogP contribution in [0.4, 0.5) is 4.39 Å². The zero-order valence-corrected chi connectivity index (χ0v) is 14.5. The van der Waals surface area contributed by atoms with Crippen LogP contribution in [-0.4, -0.2) is 30.9 Å². The Balaban J connectivity index is 0.000000278. The third-order valence-corrected chi connectivity index (χ3v) is 4.66. The van der Waals surface area contributed by atoms with E-state index in [1.54, 1.807) is 6.07 Å².